The Kier molecular flexibility index (Phi) is 6.41. The van der Waals surface area contributed by atoms with Gasteiger partial charge in [-0.05, 0) is 49.4 Å². The molecule has 2 rings (SSSR count). The zero-order valence-electron chi connectivity index (χ0n) is 13.9. The zero-order valence-corrected chi connectivity index (χ0v) is 15.5. The highest BCUT2D eigenvalue weighted by Gasteiger charge is 2.15. The second kappa shape index (κ2) is 8.33. The Morgan fingerprint density at radius 3 is 2.48 bits per heavy atom. The van der Waals surface area contributed by atoms with E-state index in [0.29, 0.717) is 17.1 Å². The van der Waals surface area contributed by atoms with Crippen LogP contribution in [0.25, 0.3) is 0 Å². The van der Waals surface area contributed by atoms with Crippen molar-refractivity contribution in [1.29, 1.82) is 0 Å². The number of urea groups is 1. The Labute approximate surface area is 152 Å². The van der Waals surface area contributed by atoms with Crippen LogP contribution in [0.1, 0.15) is 24.1 Å². The molecule has 3 N–H and O–H groups in total. The highest BCUT2D eigenvalue weighted by Crippen LogP contribution is 2.17. The fourth-order valence-electron chi connectivity index (χ4n) is 2.18. The van der Waals surface area contributed by atoms with Crippen LogP contribution in [0.15, 0.2) is 53.4 Å². The third kappa shape index (κ3) is 5.45. The van der Waals surface area contributed by atoms with E-state index in [4.69, 9.17) is 11.6 Å². The molecular formula is C17H20ClN3O3S. The van der Waals surface area contributed by atoms with Crippen LogP contribution in [0, 0.1) is 0 Å². The molecule has 0 fully saturated rings. The second-order valence-corrected chi connectivity index (χ2v) is 7.78. The third-order valence-corrected chi connectivity index (χ3v) is 5.32. The molecule has 0 saturated heterocycles. The van der Waals surface area contributed by atoms with Crippen LogP contribution in [0.3, 0.4) is 0 Å². The summed E-state index contributed by atoms with van der Waals surface area (Å²) in [5.74, 6) is 0. The Morgan fingerprint density at radius 1 is 1.16 bits per heavy atom. The summed E-state index contributed by atoms with van der Waals surface area (Å²) in [5, 5.41) is 6.17. The summed E-state index contributed by atoms with van der Waals surface area (Å²) in [4.78, 5) is 12.2. The number of sulfonamides is 1. The topological polar surface area (TPSA) is 87.3 Å². The zero-order chi connectivity index (χ0) is 18.4. The summed E-state index contributed by atoms with van der Waals surface area (Å²) in [6.07, 6.45) is 0. The second-order valence-electron chi connectivity index (χ2n) is 5.46. The first-order chi connectivity index (χ1) is 11.8. The van der Waals surface area contributed by atoms with Crippen LogP contribution < -0.4 is 15.4 Å². The summed E-state index contributed by atoms with van der Waals surface area (Å²) in [7, 11) is -2.17. The number of rotatable bonds is 6. The van der Waals surface area contributed by atoms with Crippen LogP contribution in [0.5, 0.6) is 0 Å². The molecule has 1 atom stereocenters. The first kappa shape index (κ1) is 19.2. The molecule has 8 heteroatoms. The molecule has 0 aliphatic carbocycles. The van der Waals surface area contributed by atoms with Crippen molar-refractivity contribution in [2.45, 2.75) is 24.4 Å². The van der Waals surface area contributed by atoms with E-state index in [0.717, 1.165) is 5.56 Å². The minimum Gasteiger partial charge on any atom is -0.334 e. The largest absolute Gasteiger partial charge is 0.334 e. The number of hydrogen-bond donors (Lipinski definition) is 3. The first-order valence-corrected chi connectivity index (χ1v) is 9.50. The average Bonchev–Trinajstić information content (AvgIpc) is 2.61. The lowest BCUT2D eigenvalue weighted by atomic mass is 10.1. The van der Waals surface area contributed by atoms with Gasteiger partial charge in [0.2, 0.25) is 10.0 Å². The molecule has 1 unspecified atom stereocenters. The molecule has 2 amide bonds. The predicted molar refractivity (Wildman–Crippen MR) is 97.9 cm³/mol. The number of halogens is 1. The van der Waals surface area contributed by atoms with Gasteiger partial charge in [-0.25, -0.2) is 17.9 Å². The number of nitrogens with one attached hydrogen (secondary N) is 3. The van der Waals surface area contributed by atoms with Crippen molar-refractivity contribution in [1.82, 2.24) is 15.4 Å². The van der Waals surface area contributed by atoms with Gasteiger partial charge < -0.3 is 10.6 Å². The number of carbonyl (C=O) groups excluding carboxylic acids is 1. The van der Waals surface area contributed by atoms with Gasteiger partial charge in [0.15, 0.2) is 0 Å². The minimum absolute atomic E-state index is 0.155. The Bertz CT molecular complexity index is 838. The molecule has 2 aromatic rings. The van der Waals surface area contributed by atoms with Crippen LogP contribution in [-0.2, 0) is 16.6 Å². The highest BCUT2D eigenvalue weighted by molar-refractivity contribution is 7.89. The molecule has 0 bridgehead atoms. The van der Waals surface area contributed by atoms with Gasteiger partial charge in [0, 0.05) is 11.6 Å². The molecule has 0 aliphatic heterocycles. The summed E-state index contributed by atoms with van der Waals surface area (Å²) in [6.45, 7) is 2.15. The minimum atomic E-state index is -3.52. The van der Waals surface area contributed by atoms with Gasteiger partial charge in [-0.15, -0.1) is 0 Å². The maximum atomic E-state index is 12.0. The van der Waals surface area contributed by atoms with Crippen molar-refractivity contribution in [2.24, 2.45) is 0 Å². The molecule has 0 saturated carbocycles. The Morgan fingerprint density at radius 2 is 1.84 bits per heavy atom. The molecule has 0 heterocycles. The quantitative estimate of drug-likeness (QED) is 0.719. The molecule has 0 aromatic heterocycles. The van der Waals surface area contributed by atoms with E-state index in [-0.39, 0.29) is 17.0 Å². The van der Waals surface area contributed by atoms with Gasteiger partial charge in [0.05, 0.1) is 10.9 Å². The molecule has 134 valence electrons. The monoisotopic (exact) mass is 381 g/mol. The number of benzene rings is 2. The first-order valence-electron chi connectivity index (χ1n) is 7.64. The van der Waals surface area contributed by atoms with Gasteiger partial charge in [0.1, 0.15) is 0 Å². The van der Waals surface area contributed by atoms with Crippen molar-refractivity contribution in [3.8, 4) is 0 Å². The Hall–Kier alpha value is -2.09. The fourth-order valence-corrected chi connectivity index (χ4v) is 3.10. The maximum absolute atomic E-state index is 12.0. The Balaban J connectivity index is 1.97. The predicted octanol–water partition coefficient (Wildman–Crippen LogP) is 2.81. The lowest BCUT2D eigenvalue weighted by Crippen LogP contribution is -2.36. The molecule has 0 spiro atoms. The van der Waals surface area contributed by atoms with Crippen molar-refractivity contribution >= 4 is 27.7 Å². The van der Waals surface area contributed by atoms with Crippen molar-refractivity contribution in [3.05, 3.63) is 64.7 Å². The van der Waals surface area contributed by atoms with Gasteiger partial charge in [0.25, 0.3) is 0 Å². The van der Waals surface area contributed by atoms with Crippen LogP contribution >= 0.6 is 11.6 Å². The van der Waals surface area contributed by atoms with E-state index < -0.39 is 10.0 Å². The molecule has 25 heavy (non-hydrogen) atoms. The molecule has 0 radical (unpaired) electrons. The SMILES string of the molecule is CNS(=O)(=O)c1cccc(C(C)NC(=O)NCc2ccc(Cl)cc2)c1. The van der Waals surface area contributed by atoms with Crippen molar-refractivity contribution in [3.63, 3.8) is 0 Å². The van der Waals surface area contributed by atoms with Crippen LogP contribution in [0.4, 0.5) is 4.79 Å². The van der Waals surface area contributed by atoms with Gasteiger partial charge in [-0.2, -0.15) is 0 Å². The number of carbonyl (C=O) groups is 1. The van der Waals surface area contributed by atoms with E-state index in [9.17, 15) is 13.2 Å². The fraction of sp³-hybridized carbons (Fsp3) is 0.235. The maximum Gasteiger partial charge on any atom is 0.315 e. The van der Waals surface area contributed by atoms with Crippen LogP contribution in [-0.4, -0.2) is 21.5 Å². The van der Waals surface area contributed by atoms with Crippen molar-refractivity contribution in [2.75, 3.05) is 7.05 Å². The van der Waals surface area contributed by atoms with E-state index in [1.165, 1.54) is 19.2 Å². The standard InChI is InChI=1S/C17H20ClN3O3S/c1-12(14-4-3-5-16(10-14)25(23,24)19-2)21-17(22)20-11-13-6-8-15(18)9-7-13/h3-10,12,19H,11H2,1-2H3,(H2,20,21,22). The summed E-state index contributed by atoms with van der Waals surface area (Å²) >= 11 is 5.82. The highest BCUT2D eigenvalue weighted by atomic mass is 35.5. The summed E-state index contributed by atoms with van der Waals surface area (Å²) < 4.78 is 26.0. The molecule has 0 aliphatic rings. The summed E-state index contributed by atoms with van der Waals surface area (Å²) in [6, 6.07) is 12.9. The molecular weight excluding hydrogens is 362 g/mol. The molecule has 2 aromatic carbocycles. The van der Waals surface area contributed by atoms with Gasteiger partial charge in [-0.3, -0.25) is 0 Å². The lowest BCUT2D eigenvalue weighted by molar-refractivity contribution is 0.237. The lowest BCUT2D eigenvalue weighted by Gasteiger charge is -2.16. The van der Waals surface area contributed by atoms with Crippen LogP contribution in [0.2, 0.25) is 5.02 Å². The third-order valence-electron chi connectivity index (χ3n) is 3.65. The van der Waals surface area contributed by atoms with E-state index >= 15 is 0 Å². The van der Waals surface area contributed by atoms with Gasteiger partial charge in [-0.1, -0.05) is 35.9 Å². The normalized spacial score (nSPS) is 12.4. The summed E-state index contributed by atoms with van der Waals surface area (Å²) in [5.41, 5.74) is 1.62. The van der Waals surface area contributed by atoms with Crippen molar-refractivity contribution < 1.29 is 13.2 Å². The van der Waals surface area contributed by atoms with Gasteiger partial charge >= 0.3 is 6.03 Å². The van der Waals surface area contributed by atoms with E-state index in [1.54, 1.807) is 31.2 Å². The molecule has 6 nitrogen and oxygen atoms in total. The number of hydrogen-bond acceptors (Lipinski definition) is 3. The van der Waals surface area contributed by atoms with E-state index in [1.807, 2.05) is 12.1 Å². The number of amides is 2. The van der Waals surface area contributed by atoms with E-state index in [2.05, 4.69) is 15.4 Å². The smallest absolute Gasteiger partial charge is 0.315 e. The average molecular weight is 382 g/mol.